The first-order chi connectivity index (χ1) is 6.69. The van der Waals surface area contributed by atoms with E-state index in [2.05, 4.69) is 9.47 Å². The fraction of sp³-hybridized carbons (Fsp3) is 0.200. The van der Waals surface area contributed by atoms with Gasteiger partial charge in [0.2, 0.25) is 0 Å². The molecule has 0 aliphatic rings. The molecule has 0 unspecified atom stereocenters. The van der Waals surface area contributed by atoms with E-state index in [0.29, 0.717) is 11.1 Å². The highest BCUT2D eigenvalue weighted by atomic mass is 32.1. The molecule has 0 amide bonds. The molecule has 0 aromatic heterocycles. The van der Waals surface area contributed by atoms with Gasteiger partial charge >= 0.3 is 11.9 Å². The molecule has 0 bridgehead atoms. The third kappa shape index (κ3) is 3.28. The Bertz CT molecular complexity index is 331. The Hall–Kier alpha value is -1.49. The molecule has 1 aromatic rings. The van der Waals surface area contributed by atoms with E-state index in [4.69, 9.17) is 0 Å². The van der Waals surface area contributed by atoms with E-state index >= 15 is 0 Å². The number of benzene rings is 1. The quantitative estimate of drug-likeness (QED) is 0.717. The maximum absolute atomic E-state index is 11.1. The summed E-state index contributed by atoms with van der Waals surface area (Å²) in [4.78, 5) is 22.2. The van der Waals surface area contributed by atoms with Gasteiger partial charge < -0.3 is 9.47 Å². The molecular weight excluding hydrogens is 216 g/mol. The summed E-state index contributed by atoms with van der Waals surface area (Å²) in [5.41, 5.74) is 0.658. The predicted molar refractivity (Wildman–Crippen MR) is 59.5 cm³/mol. The lowest BCUT2D eigenvalue weighted by atomic mass is 10.1. The summed E-state index contributed by atoms with van der Waals surface area (Å²) in [7, 11) is 2.57. The number of hydrogen-bond acceptors (Lipinski definition) is 4. The molecule has 15 heavy (non-hydrogen) atoms. The summed E-state index contributed by atoms with van der Waals surface area (Å²) in [5.74, 6) is -0.952. The van der Waals surface area contributed by atoms with Crippen molar-refractivity contribution in [2.24, 2.45) is 0 Å². The van der Waals surface area contributed by atoms with Crippen LogP contribution in [-0.4, -0.2) is 26.2 Å². The lowest BCUT2D eigenvalue weighted by molar-refractivity contribution is 0.0599. The molecule has 82 valence electrons. The topological polar surface area (TPSA) is 52.6 Å². The number of ether oxygens (including phenoxy) is 2. The van der Waals surface area contributed by atoms with Gasteiger partial charge in [-0.15, -0.1) is 0 Å². The Kier molecular flexibility index (Phi) is 5.48. The molecule has 0 radical (unpaired) electrons. The Morgan fingerprint density at radius 3 is 1.73 bits per heavy atom. The average Bonchev–Trinajstić information content (AvgIpc) is 2.27. The summed E-state index contributed by atoms with van der Waals surface area (Å²) in [6, 6.07) is 6.16. The van der Waals surface area contributed by atoms with Crippen molar-refractivity contribution in [1.29, 1.82) is 0 Å². The van der Waals surface area contributed by atoms with E-state index in [9.17, 15) is 9.59 Å². The molecule has 0 aliphatic heterocycles. The normalized spacial score (nSPS) is 8.67. The molecule has 0 N–H and O–H groups in total. The maximum Gasteiger partial charge on any atom is 0.337 e. The van der Waals surface area contributed by atoms with Crippen LogP contribution < -0.4 is 0 Å². The van der Waals surface area contributed by atoms with Gasteiger partial charge in [-0.1, -0.05) is 6.07 Å². The van der Waals surface area contributed by atoms with Crippen LogP contribution in [0.1, 0.15) is 20.7 Å². The third-order valence-electron chi connectivity index (χ3n) is 1.70. The standard InChI is InChI=1S/C10H10O4.H2S/c1-13-9(11)7-4-3-5-8(6-7)10(12)14-2;/h3-6H,1-2H3;1H2. The number of methoxy groups -OCH3 is 2. The fourth-order valence-electron chi connectivity index (χ4n) is 1.01. The second kappa shape index (κ2) is 6.08. The third-order valence-corrected chi connectivity index (χ3v) is 1.70. The van der Waals surface area contributed by atoms with Crippen LogP contribution in [0.5, 0.6) is 0 Å². The first-order valence-corrected chi connectivity index (χ1v) is 3.95. The first kappa shape index (κ1) is 13.5. The number of rotatable bonds is 2. The van der Waals surface area contributed by atoms with Gasteiger partial charge in [0.1, 0.15) is 0 Å². The molecule has 0 saturated heterocycles. The summed E-state index contributed by atoms with van der Waals surface area (Å²) in [5, 5.41) is 0. The largest absolute Gasteiger partial charge is 0.465 e. The van der Waals surface area contributed by atoms with Gasteiger partial charge in [0, 0.05) is 0 Å². The van der Waals surface area contributed by atoms with Crippen LogP contribution in [0.3, 0.4) is 0 Å². The Morgan fingerprint density at radius 2 is 1.40 bits per heavy atom. The van der Waals surface area contributed by atoms with E-state index in [-0.39, 0.29) is 13.5 Å². The van der Waals surface area contributed by atoms with E-state index in [1.165, 1.54) is 20.3 Å². The summed E-state index contributed by atoms with van der Waals surface area (Å²) < 4.78 is 9.03. The van der Waals surface area contributed by atoms with Crippen LogP contribution in [-0.2, 0) is 9.47 Å². The zero-order chi connectivity index (χ0) is 10.6. The van der Waals surface area contributed by atoms with Gasteiger partial charge in [-0.3, -0.25) is 0 Å². The van der Waals surface area contributed by atoms with E-state index in [0.717, 1.165) is 0 Å². The minimum Gasteiger partial charge on any atom is -0.465 e. The van der Waals surface area contributed by atoms with Crippen molar-refractivity contribution in [2.75, 3.05) is 14.2 Å². The van der Waals surface area contributed by atoms with Crippen LogP contribution in [0, 0.1) is 0 Å². The molecule has 1 rings (SSSR count). The van der Waals surface area contributed by atoms with Crippen molar-refractivity contribution < 1.29 is 19.1 Å². The van der Waals surface area contributed by atoms with Crippen LogP contribution in [0.15, 0.2) is 24.3 Å². The van der Waals surface area contributed by atoms with Crippen molar-refractivity contribution >= 4 is 25.4 Å². The number of hydrogen-bond donors (Lipinski definition) is 0. The average molecular weight is 228 g/mol. The summed E-state index contributed by atoms with van der Waals surface area (Å²) in [6.45, 7) is 0. The highest BCUT2D eigenvalue weighted by molar-refractivity contribution is 7.59. The minimum absolute atomic E-state index is 0. The van der Waals surface area contributed by atoms with Crippen LogP contribution >= 0.6 is 13.5 Å². The lowest BCUT2D eigenvalue weighted by Gasteiger charge is -2.01. The highest BCUT2D eigenvalue weighted by Crippen LogP contribution is 2.07. The van der Waals surface area contributed by atoms with Gasteiger partial charge in [-0.25, -0.2) is 9.59 Å². The first-order valence-electron chi connectivity index (χ1n) is 3.95. The minimum atomic E-state index is -0.476. The molecule has 0 spiro atoms. The van der Waals surface area contributed by atoms with Crippen LogP contribution in [0.2, 0.25) is 0 Å². The zero-order valence-electron chi connectivity index (χ0n) is 8.44. The van der Waals surface area contributed by atoms with Gasteiger partial charge in [0.15, 0.2) is 0 Å². The van der Waals surface area contributed by atoms with Gasteiger partial charge in [-0.05, 0) is 18.2 Å². The molecule has 1 aromatic carbocycles. The van der Waals surface area contributed by atoms with Crippen molar-refractivity contribution in [3.63, 3.8) is 0 Å². The molecule has 0 fully saturated rings. The Morgan fingerprint density at radius 1 is 1.00 bits per heavy atom. The molecule has 5 heteroatoms. The summed E-state index contributed by atoms with van der Waals surface area (Å²) in [6.07, 6.45) is 0. The number of carbonyl (C=O) groups is 2. The van der Waals surface area contributed by atoms with Crippen LogP contribution in [0.4, 0.5) is 0 Å². The molecule has 0 heterocycles. The lowest BCUT2D eigenvalue weighted by Crippen LogP contribution is -2.05. The summed E-state index contributed by atoms with van der Waals surface area (Å²) >= 11 is 0. The monoisotopic (exact) mass is 228 g/mol. The SMILES string of the molecule is COC(=O)c1cccc(C(=O)OC)c1.S. The smallest absolute Gasteiger partial charge is 0.337 e. The zero-order valence-corrected chi connectivity index (χ0v) is 9.44. The van der Waals surface area contributed by atoms with E-state index in [1.807, 2.05) is 0 Å². The van der Waals surface area contributed by atoms with Crippen molar-refractivity contribution in [3.8, 4) is 0 Å². The van der Waals surface area contributed by atoms with Crippen molar-refractivity contribution in [3.05, 3.63) is 35.4 Å². The van der Waals surface area contributed by atoms with E-state index in [1.54, 1.807) is 18.2 Å². The highest BCUT2D eigenvalue weighted by Gasteiger charge is 2.09. The molecule has 0 saturated carbocycles. The number of esters is 2. The second-order valence-electron chi connectivity index (χ2n) is 2.56. The van der Waals surface area contributed by atoms with Crippen molar-refractivity contribution in [2.45, 2.75) is 0 Å². The number of carbonyl (C=O) groups excluding carboxylic acids is 2. The van der Waals surface area contributed by atoms with E-state index < -0.39 is 11.9 Å². The van der Waals surface area contributed by atoms with Crippen molar-refractivity contribution in [1.82, 2.24) is 0 Å². The van der Waals surface area contributed by atoms with Crippen LogP contribution in [0.25, 0.3) is 0 Å². The Labute approximate surface area is 94.6 Å². The van der Waals surface area contributed by atoms with Gasteiger partial charge in [0.05, 0.1) is 25.3 Å². The molecule has 0 aliphatic carbocycles. The fourth-order valence-corrected chi connectivity index (χ4v) is 1.01. The van der Waals surface area contributed by atoms with Gasteiger partial charge in [-0.2, -0.15) is 13.5 Å². The van der Waals surface area contributed by atoms with Gasteiger partial charge in [0.25, 0.3) is 0 Å². The molecule has 4 nitrogen and oxygen atoms in total. The predicted octanol–water partition coefficient (Wildman–Crippen LogP) is 1.37. The Balaban J connectivity index is 0.00000196. The molecule has 0 atom stereocenters. The maximum atomic E-state index is 11.1. The molecular formula is C10H12O4S. The second-order valence-corrected chi connectivity index (χ2v) is 2.56.